The number of benzene rings is 2. The monoisotopic (exact) mass is 450 g/mol. The third kappa shape index (κ3) is 3.88. The minimum absolute atomic E-state index is 0.196. The third-order valence-electron chi connectivity index (χ3n) is 5.66. The molecule has 0 saturated carbocycles. The molecule has 0 unspecified atom stereocenters. The zero-order valence-electron chi connectivity index (χ0n) is 19.0. The summed E-state index contributed by atoms with van der Waals surface area (Å²) in [5.74, 6) is 0.696. The van der Waals surface area contributed by atoms with Gasteiger partial charge in [-0.2, -0.15) is 9.78 Å². The van der Waals surface area contributed by atoms with Crippen molar-refractivity contribution in [3.05, 3.63) is 99.5 Å². The molecule has 0 fully saturated rings. The summed E-state index contributed by atoms with van der Waals surface area (Å²) >= 11 is 0. The SMILES string of the molecule is Cc1cc(NC(=O)/C=C/c2coc3ccccc3c2=O)n(-c2cc(C)c3cccc(C)c3n2)n1. The predicted molar refractivity (Wildman–Crippen MR) is 133 cm³/mol. The van der Waals surface area contributed by atoms with E-state index in [9.17, 15) is 9.59 Å². The molecule has 0 radical (unpaired) electrons. The highest BCUT2D eigenvalue weighted by Gasteiger charge is 2.13. The van der Waals surface area contributed by atoms with Crippen molar-refractivity contribution in [1.29, 1.82) is 0 Å². The maximum absolute atomic E-state index is 12.7. The lowest BCUT2D eigenvalue weighted by atomic mass is 10.1. The summed E-state index contributed by atoms with van der Waals surface area (Å²) in [5, 5.41) is 8.91. The fourth-order valence-corrected chi connectivity index (χ4v) is 3.96. The molecule has 2 aromatic carbocycles. The molecule has 0 aliphatic rings. The van der Waals surface area contributed by atoms with Crippen LogP contribution in [0.1, 0.15) is 22.4 Å². The van der Waals surface area contributed by atoms with E-state index < -0.39 is 5.91 Å². The number of carbonyl (C=O) groups excluding carboxylic acids is 1. The van der Waals surface area contributed by atoms with Gasteiger partial charge in [0.2, 0.25) is 5.91 Å². The Morgan fingerprint density at radius 2 is 1.79 bits per heavy atom. The largest absolute Gasteiger partial charge is 0.463 e. The van der Waals surface area contributed by atoms with Crippen LogP contribution in [0, 0.1) is 20.8 Å². The Kier molecular flexibility index (Phi) is 5.30. The van der Waals surface area contributed by atoms with E-state index in [0.717, 1.165) is 27.7 Å². The number of carbonyl (C=O) groups is 1. The third-order valence-corrected chi connectivity index (χ3v) is 5.66. The van der Waals surface area contributed by atoms with Crippen LogP contribution >= 0.6 is 0 Å². The van der Waals surface area contributed by atoms with Gasteiger partial charge in [-0.1, -0.05) is 30.3 Å². The van der Waals surface area contributed by atoms with Crippen LogP contribution in [0.5, 0.6) is 0 Å². The van der Waals surface area contributed by atoms with E-state index in [0.29, 0.717) is 28.2 Å². The summed E-state index contributed by atoms with van der Waals surface area (Å²) in [7, 11) is 0. The number of aromatic nitrogens is 3. The lowest BCUT2D eigenvalue weighted by molar-refractivity contribution is -0.111. The highest BCUT2D eigenvalue weighted by Crippen LogP contribution is 2.24. The smallest absolute Gasteiger partial charge is 0.249 e. The first-order chi connectivity index (χ1) is 16.4. The Hall–Kier alpha value is -4.52. The molecule has 5 rings (SSSR count). The molecule has 3 heterocycles. The molecule has 0 aliphatic heterocycles. The zero-order valence-corrected chi connectivity index (χ0v) is 19.0. The summed E-state index contributed by atoms with van der Waals surface area (Å²) in [6.45, 7) is 5.89. The lowest BCUT2D eigenvalue weighted by Crippen LogP contribution is -2.13. The first kappa shape index (κ1) is 21.3. The summed E-state index contributed by atoms with van der Waals surface area (Å²) in [4.78, 5) is 30.1. The molecule has 34 heavy (non-hydrogen) atoms. The van der Waals surface area contributed by atoms with Crippen molar-refractivity contribution in [1.82, 2.24) is 14.8 Å². The number of nitrogens with zero attached hydrogens (tertiary/aromatic N) is 3. The molecule has 7 nitrogen and oxygen atoms in total. The van der Waals surface area contributed by atoms with Crippen molar-refractivity contribution >= 4 is 39.7 Å². The van der Waals surface area contributed by atoms with Gasteiger partial charge in [-0.15, -0.1) is 0 Å². The average Bonchev–Trinajstić information content (AvgIpc) is 3.19. The Morgan fingerprint density at radius 1 is 1.00 bits per heavy atom. The maximum atomic E-state index is 12.7. The molecule has 7 heteroatoms. The van der Waals surface area contributed by atoms with Crippen LogP contribution in [0.3, 0.4) is 0 Å². The van der Waals surface area contributed by atoms with Crippen molar-refractivity contribution in [2.24, 2.45) is 0 Å². The van der Waals surface area contributed by atoms with E-state index in [1.54, 1.807) is 35.0 Å². The minimum Gasteiger partial charge on any atom is -0.463 e. The summed E-state index contributed by atoms with van der Waals surface area (Å²) in [6, 6.07) is 16.8. The highest BCUT2D eigenvalue weighted by atomic mass is 16.3. The number of hydrogen-bond donors (Lipinski definition) is 1. The number of hydrogen-bond acceptors (Lipinski definition) is 5. The number of nitrogens with one attached hydrogen (secondary N) is 1. The molecule has 0 spiro atoms. The topological polar surface area (TPSA) is 90.0 Å². The van der Waals surface area contributed by atoms with Crippen molar-refractivity contribution in [3.63, 3.8) is 0 Å². The Morgan fingerprint density at radius 3 is 2.65 bits per heavy atom. The van der Waals surface area contributed by atoms with Crippen molar-refractivity contribution in [3.8, 4) is 5.82 Å². The summed E-state index contributed by atoms with van der Waals surface area (Å²) in [5.41, 5.74) is 4.36. The maximum Gasteiger partial charge on any atom is 0.249 e. The van der Waals surface area contributed by atoms with Gasteiger partial charge in [0, 0.05) is 17.5 Å². The number of rotatable bonds is 4. The second-order valence-electron chi connectivity index (χ2n) is 8.19. The van der Waals surface area contributed by atoms with Gasteiger partial charge in [-0.25, -0.2) is 4.98 Å². The second kappa shape index (κ2) is 8.44. The predicted octanol–water partition coefficient (Wildman–Crippen LogP) is 5.10. The van der Waals surface area contributed by atoms with Crippen molar-refractivity contribution in [2.45, 2.75) is 20.8 Å². The summed E-state index contributed by atoms with van der Waals surface area (Å²) in [6.07, 6.45) is 4.10. The van der Waals surface area contributed by atoms with E-state index in [1.165, 1.54) is 18.4 Å². The van der Waals surface area contributed by atoms with Crippen molar-refractivity contribution in [2.75, 3.05) is 5.32 Å². The van der Waals surface area contributed by atoms with E-state index in [4.69, 9.17) is 9.40 Å². The fourth-order valence-electron chi connectivity index (χ4n) is 3.96. The van der Waals surface area contributed by atoms with Crippen LogP contribution in [0.15, 0.2) is 76.1 Å². The van der Waals surface area contributed by atoms with Gasteiger partial charge < -0.3 is 9.73 Å². The molecular formula is C27H22N4O3. The molecule has 0 aliphatic carbocycles. The van der Waals surface area contributed by atoms with Crippen LogP contribution < -0.4 is 10.7 Å². The fraction of sp³-hybridized carbons (Fsp3) is 0.111. The summed E-state index contributed by atoms with van der Waals surface area (Å²) < 4.78 is 7.12. The number of amides is 1. The molecule has 168 valence electrons. The molecule has 0 atom stereocenters. The Balaban J connectivity index is 1.45. The second-order valence-corrected chi connectivity index (χ2v) is 8.19. The van der Waals surface area contributed by atoms with Gasteiger partial charge >= 0.3 is 0 Å². The quantitative estimate of drug-likeness (QED) is 0.385. The minimum atomic E-state index is -0.401. The first-order valence-electron chi connectivity index (χ1n) is 10.8. The zero-order chi connectivity index (χ0) is 23.8. The molecular weight excluding hydrogens is 428 g/mol. The number of para-hydroxylation sites is 2. The Bertz CT molecular complexity index is 1660. The van der Waals surface area contributed by atoms with Gasteiger partial charge in [0.05, 0.1) is 22.2 Å². The average molecular weight is 450 g/mol. The van der Waals surface area contributed by atoms with E-state index in [2.05, 4.69) is 10.4 Å². The van der Waals surface area contributed by atoms with Crippen LogP contribution in [0.4, 0.5) is 5.82 Å². The molecule has 1 amide bonds. The first-order valence-corrected chi connectivity index (χ1v) is 10.8. The highest BCUT2D eigenvalue weighted by molar-refractivity contribution is 6.01. The standard InChI is InChI=1S/C27H22N4O3/c1-16-7-6-9-20-17(2)13-23(29-26(16)20)31-24(14-18(3)30-31)28-25(32)12-11-19-15-34-22-10-5-4-8-21(22)27(19)33/h4-15H,1-3H3,(H,28,32)/b12-11+. The molecule has 3 aromatic heterocycles. The van der Waals surface area contributed by atoms with Crippen molar-refractivity contribution < 1.29 is 9.21 Å². The number of fused-ring (bicyclic) bond motifs is 2. The van der Waals surface area contributed by atoms with E-state index in [-0.39, 0.29) is 5.43 Å². The van der Waals surface area contributed by atoms with Gasteiger partial charge in [0.25, 0.3) is 0 Å². The van der Waals surface area contributed by atoms with Gasteiger partial charge in [0.15, 0.2) is 11.2 Å². The molecule has 5 aromatic rings. The normalized spacial score (nSPS) is 11.5. The van der Waals surface area contributed by atoms with Gasteiger partial charge in [0.1, 0.15) is 17.7 Å². The van der Waals surface area contributed by atoms with Crippen LogP contribution in [-0.4, -0.2) is 20.7 Å². The van der Waals surface area contributed by atoms with E-state index in [1.807, 2.05) is 45.0 Å². The van der Waals surface area contributed by atoms with Gasteiger partial charge in [-0.3, -0.25) is 9.59 Å². The van der Waals surface area contributed by atoms with Crippen LogP contribution in [0.2, 0.25) is 0 Å². The molecule has 1 N–H and O–H groups in total. The number of anilines is 1. The number of pyridine rings is 1. The van der Waals surface area contributed by atoms with Crippen LogP contribution in [-0.2, 0) is 4.79 Å². The van der Waals surface area contributed by atoms with E-state index >= 15 is 0 Å². The van der Waals surface area contributed by atoms with Crippen LogP contribution in [0.25, 0.3) is 33.8 Å². The lowest BCUT2D eigenvalue weighted by Gasteiger charge is -2.11. The Labute approximate surface area is 195 Å². The molecule has 0 saturated heterocycles. The molecule has 0 bridgehead atoms. The van der Waals surface area contributed by atoms with Gasteiger partial charge in [-0.05, 0) is 56.2 Å². The number of aryl methyl sites for hydroxylation is 3.